The average Bonchev–Trinajstić information content (AvgIpc) is 2.45. The molecule has 1 aliphatic carbocycles. The van der Waals surface area contributed by atoms with Crippen LogP contribution in [0.3, 0.4) is 0 Å². The Hall–Kier alpha value is -1.02. The van der Waals surface area contributed by atoms with Gasteiger partial charge in [-0.3, -0.25) is 0 Å². The van der Waals surface area contributed by atoms with Crippen LogP contribution in [0.15, 0.2) is 18.2 Å². The fourth-order valence-electron chi connectivity index (χ4n) is 2.93. The van der Waals surface area contributed by atoms with Crippen LogP contribution in [-0.2, 0) is 6.42 Å². The summed E-state index contributed by atoms with van der Waals surface area (Å²) < 4.78 is 5.33. The van der Waals surface area contributed by atoms with E-state index in [9.17, 15) is 0 Å². The highest BCUT2D eigenvalue weighted by atomic mass is 16.5. The minimum atomic E-state index is 0.513. The summed E-state index contributed by atoms with van der Waals surface area (Å²) in [6.07, 6.45) is 4.93. The number of nitrogens with one attached hydrogen (secondary N) is 1. The largest absolute Gasteiger partial charge is 0.497 e. The second-order valence-corrected chi connectivity index (χ2v) is 5.85. The summed E-state index contributed by atoms with van der Waals surface area (Å²) in [5, 5.41) is 3.82. The van der Waals surface area contributed by atoms with Crippen LogP contribution in [0.25, 0.3) is 0 Å². The van der Waals surface area contributed by atoms with Gasteiger partial charge in [0.1, 0.15) is 5.75 Å². The van der Waals surface area contributed by atoms with Crippen LogP contribution in [0, 0.1) is 5.92 Å². The zero-order valence-corrected chi connectivity index (χ0v) is 12.7. The van der Waals surface area contributed by atoms with Crippen molar-refractivity contribution >= 4 is 0 Å². The minimum absolute atomic E-state index is 0.513. The van der Waals surface area contributed by atoms with E-state index >= 15 is 0 Å². The van der Waals surface area contributed by atoms with Crippen molar-refractivity contribution in [3.05, 3.63) is 29.3 Å². The molecule has 1 aliphatic rings. The zero-order valence-electron chi connectivity index (χ0n) is 12.7. The molecule has 0 saturated carbocycles. The Kier molecular flexibility index (Phi) is 4.87. The highest BCUT2D eigenvalue weighted by molar-refractivity contribution is 5.39. The lowest BCUT2D eigenvalue weighted by atomic mass is 9.86. The summed E-state index contributed by atoms with van der Waals surface area (Å²) in [5.41, 5.74) is 2.93. The van der Waals surface area contributed by atoms with Gasteiger partial charge in [-0.1, -0.05) is 26.3 Å². The van der Waals surface area contributed by atoms with Gasteiger partial charge in [0.15, 0.2) is 0 Å². The number of aryl methyl sites for hydroxylation is 1. The maximum absolute atomic E-state index is 5.33. The van der Waals surface area contributed by atoms with Gasteiger partial charge in [0.25, 0.3) is 0 Å². The van der Waals surface area contributed by atoms with Crippen molar-refractivity contribution in [1.29, 1.82) is 0 Å². The van der Waals surface area contributed by atoms with Crippen molar-refractivity contribution in [1.82, 2.24) is 5.32 Å². The maximum atomic E-state index is 5.33. The Morgan fingerprint density at radius 1 is 1.37 bits per heavy atom. The van der Waals surface area contributed by atoms with Crippen molar-refractivity contribution in [3.8, 4) is 5.75 Å². The Morgan fingerprint density at radius 2 is 2.16 bits per heavy atom. The van der Waals surface area contributed by atoms with Gasteiger partial charge in [0.05, 0.1) is 7.11 Å². The molecular weight excluding hydrogens is 234 g/mol. The molecule has 1 N–H and O–H groups in total. The lowest BCUT2D eigenvalue weighted by Crippen LogP contribution is -2.36. The highest BCUT2D eigenvalue weighted by Gasteiger charge is 2.23. The molecule has 3 unspecified atom stereocenters. The van der Waals surface area contributed by atoms with Crippen molar-refractivity contribution in [2.75, 3.05) is 7.11 Å². The molecule has 2 rings (SSSR count). The Bertz CT molecular complexity index is 416. The van der Waals surface area contributed by atoms with Crippen molar-refractivity contribution in [3.63, 3.8) is 0 Å². The van der Waals surface area contributed by atoms with E-state index in [1.54, 1.807) is 7.11 Å². The molecule has 0 spiro atoms. The molecule has 0 amide bonds. The fraction of sp³-hybridized carbons (Fsp3) is 0.647. The first kappa shape index (κ1) is 14.4. The summed E-state index contributed by atoms with van der Waals surface area (Å²) >= 11 is 0. The monoisotopic (exact) mass is 261 g/mol. The van der Waals surface area contributed by atoms with E-state index in [0.717, 1.165) is 11.7 Å². The normalized spacial score (nSPS) is 21.6. The molecule has 0 radical (unpaired) electrons. The van der Waals surface area contributed by atoms with Gasteiger partial charge in [0, 0.05) is 12.1 Å². The number of hydrogen-bond donors (Lipinski definition) is 1. The predicted molar refractivity (Wildman–Crippen MR) is 80.7 cm³/mol. The van der Waals surface area contributed by atoms with E-state index in [0.29, 0.717) is 12.1 Å². The topological polar surface area (TPSA) is 21.3 Å². The van der Waals surface area contributed by atoms with Gasteiger partial charge < -0.3 is 10.1 Å². The van der Waals surface area contributed by atoms with Crippen molar-refractivity contribution in [2.45, 2.75) is 58.5 Å². The molecule has 0 heterocycles. The summed E-state index contributed by atoms with van der Waals surface area (Å²) in [6, 6.07) is 7.62. The molecular formula is C17H27NO. The van der Waals surface area contributed by atoms with Crippen LogP contribution in [0.5, 0.6) is 5.75 Å². The predicted octanol–water partition coefficient (Wildman–Crippen LogP) is 4.10. The number of methoxy groups -OCH3 is 1. The molecule has 1 aromatic rings. The average molecular weight is 261 g/mol. The molecule has 2 nitrogen and oxygen atoms in total. The smallest absolute Gasteiger partial charge is 0.119 e. The first-order chi connectivity index (χ1) is 9.15. The minimum Gasteiger partial charge on any atom is -0.497 e. The molecule has 1 aromatic carbocycles. The van der Waals surface area contributed by atoms with E-state index < -0.39 is 0 Å². The molecule has 0 aliphatic heterocycles. The van der Waals surface area contributed by atoms with Gasteiger partial charge in [-0.2, -0.15) is 0 Å². The van der Waals surface area contributed by atoms with Crippen LogP contribution in [0.1, 0.15) is 57.2 Å². The number of fused-ring (bicyclic) bond motifs is 1. The number of ether oxygens (including phenoxy) is 1. The standard InChI is InChI=1S/C17H27NO/c1-5-12(2)13(3)18-17-8-6-7-14-11-15(19-4)9-10-16(14)17/h9-13,17-18H,5-8H2,1-4H3. The van der Waals surface area contributed by atoms with E-state index in [-0.39, 0.29) is 0 Å². The van der Waals surface area contributed by atoms with Gasteiger partial charge in [0.2, 0.25) is 0 Å². The van der Waals surface area contributed by atoms with Gasteiger partial charge in [-0.15, -0.1) is 0 Å². The lowest BCUT2D eigenvalue weighted by Gasteiger charge is -2.31. The summed E-state index contributed by atoms with van der Waals surface area (Å²) in [6.45, 7) is 6.91. The third-order valence-electron chi connectivity index (χ3n) is 4.63. The quantitative estimate of drug-likeness (QED) is 0.861. The number of benzene rings is 1. The number of hydrogen-bond acceptors (Lipinski definition) is 2. The molecule has 106 valence electrons. The van der Waals surface area contributed by atoms with Gasteiger partial charge in [-0.25, -0.2) is 0 Å². The first-order valence-electron chi connectivity index (χ1n) is 7.58. The SMILES string of the molecule is CCC(C)C(C)NC1CCCc2cc(OC)ccc21. The molecule has 0 saturated heterocycles. The first-order valence-corrected chi connectivity index (χ1v) is 7.58. The summed E-state index contributed by atoms with van der Waals surface area (Å²) in [4.78, 5) is 0. The fourth-order valence-corrected chi connectivity index (χ4v) is 2.93. The van der Waals surface area contributed by atoms with Gasteiger partial charge >= 0.3 is 0 Å². The lowest BCUT2D eigenvalue weighted by molar-refractivity contribution is 0.330. The zero-order chi connectivity index (χ0) is 13.8. The van der Waals surface area contributed by atoms with Crippen LogP contribution in [0.2, 0.25) is 0 Å². The summed E-state index contributed by atoms with van der Waals surface area (Å²) in [7, 11) is 1.74. The third kappa shape index (κ3) is 3.30. The second-order valence-electron chi connectivity index (χ2n) is 5.85. The molecule has 19 heavy (non-hydrogen) atoms. The Balaban J connectivity index is 2.13. The summed E-state index contributed by atoms with van der Waals surface area (Å²) in [5.74, 6) is 1.71. The van der Waals surface area contributed by atoms with Crippen LogP contribution in [-0.4, -0.2) is 13.2 Å². The van der Waals surface area contributed by atoms with E-state index in [1.807, 2.05) is 0 Å². The van der Waals surface area contributed by atoms with E-state index in [4.69, 9.17) is 4.74 Å². The molecule has 0 aromatic heterocycles. The Labute approximate surface area is 117 Å². The molecule has 3 atom stereocenters. The van der Waals surface area contributed by atoms with E-state index in [1.165, 1.54) is 36.8 Å². The van der Waals surface area contributed by atoms with Crippen molar-refractivity contribution in [2.24, 2.45) is 5.92 Å². The molecule has 0 bridgehead atoms. The second kappa shape index (κ2) is 6.42. The molecule has 2 heteroatoms. The maximum Gasteiger partial charge on any atom is 0.119 e. The van der Waals surface area contributed by atoms with Crippen LogP contribution in [0.4, 0.5) is 0 Å². The van der Waals surface area contributed by atoms with Crippen LogP contribution < -0.4 is 10.1 Å². The third-order valence-corrected chi connectivity index (χ3v) is 4.63. The Morgan fingerprint density at radius 3 is 2.84 bits per heavy atom. The van der Waals surface area contributed by atoms with E-state index in [2.05, 4.69) is 44.3 Å². The number of rotatable bonds is 5. The van der Waals surface area contributed by atoms with Gasteiger partial charge in [-0.05, 0) is 55.4 Å². The van der Waals surface area contributed by atoms with Crippen molar-refractivity contribution < 1.29 is 4.74 Å². The van der Waals surface area contributed by atoms with Crippen LogP contribution >= 0.6 is 0 Å². The highest BCUT2D eigenvalue weighted by Crippen LogP contribution is 2.32. The molecule has 0 fully saturated rings.